The summed E-state index contributed by atoms with van der Waals surface area (Å²) in [6, 6.07) is 7.44. The van der Waals surface area contributed by atoms with Crippen molar-refractivity contribution >= 4 is 28.8 Å². The van der Waals surface area contributed by atoms with Crippen LogP contribution in [0.4, 0.5) is 0 Å². The van der Waals surface area contributed by atoms with Crippen molar-refractivity contribution in [1.29, 1.82) is 0 Å². The number of thiophene rings is 1. The number of nitrogens with one attached hydrogen (secondary N) is 1. The average molecular weight is 406 g/mol. The molecule has 4 heterocycles. The summed E-state index contributed by atoms with van der Waals surface area (Å²) in [5.41, 5.74) is 1.68. The summed E-state index contributed by atoms with van der Waals surface area (Å²) in [6.07, 6.45) is 6.51. The highest BCUT2D eigenvalue weighted by atomic mass is 35.5. The molecule has 146 valence electrons. The molecule has 2 aromatic rings. The third-order valence-electron chi connectivity index (χ3n) is 5.78. The number of nitrogens with zero attached hydrogens (tertiary/aromatic N) is 2. The molecular weight excluding hydrogens is 378 g/mol. The van der Waals surface area contributed by atoms with Crippen LogP contribution in [-0.4, -0.2) is 27.8 Å². The van der Waals surface area contributed by atoms with Gasteiger partial charge in [0.1, 0.15) is 0 Å². The smallest absolute Gasteiger partial charge is 0.252 e. The Balaban J connectivity index is 1.59. The van der Waals surface area contributed by atoms with E-state index in [0.29, 0.717) is 18.0 Å². The van der Waals surface area contributed by atoms with Crippen molar-refractivity contribution in [3.63, 3.8) is 0 Å². The van der Waals surface area contributed by atoms with Gasteiger partial charge in [-0.05, 0) is 56.7 Å². The number of carbonyl (C=O) groups excluding carboxylic acids is 1. The molecule has 2 unspecified atom stereocenters. The third kappa shape index (κ3) is 4.15. The van der Waals surface area contributed by atoms with Crippen LogP contribution in [0.3, 0.4) is 0 Å². The van der Waals surface area contributed by atoms with E-state index in [1.54, 1.807) is 16.0 Å². The molecule has 6 heteroatoms. The number of piperidine rings is 1. The van der Waals surface area contributed by atoms with Gasteiger partial charge in [0.15, 0.2) is 0 Å². The van der Waals surface area contributed by atoms with Crippen molar-refractivity contribution in [3.8, 4) is 0 Å². The third-order valence-corrected chi connectivity index (χ3v) is 7.07. The second kappa shape index (κ2) is 7.34. The zero-order valence-corrected chi connectivity index (χ0v) is 17.9. The summed E-state index contributed by atoms with van der Waals surface area (Å²) in [6.45, 7) is 5.89. The molecule has 2 aliphatic rings. The highest BCUT2D eigenvalue weighted by Gasteiger charge is 2.36. The van der Waals surface area contributed by atoms with Gasteiger partial charge in [-0.25, -0.2) is 4.68 Å². The normalized spacial score (nSPS) is 25.1. The standard InChI is InChI=1S/C21H28ClN3OS/c1-21(2,3)20(26)25-16(6-7-17-8-9-19(22)27-17)12-18(24-25)13-10-14-4-5-15(11-13)23-14/h8-9,12-15,23H,4-7,10-11H2,1-3H3. The van der Waals surface area contributed by atoms with Crippen molar-refractivity contribution in [2.24, 2.45) is 5.41 Å². The van der Waals surface area contributed by atoms with Crippen molar-refractivity contribution in [3.05, 3.63) is 38.8 Å². The number of hydrogen-bond donors (Lipinski definition) is 1. The predicted octanol–water partition coefficient (Wildman–Crippen LogP) is 5.07. The van der Waals surface area contributed by atoms with Gasteiger partial charge in [-0.15, -0.1) is 11.3 Å². The van der Waals surface area contributed by atoms with E-state index in [2.05, 4.69) is 17.4 Å². The zero-order chi connectivity index (χ0) is 19.2. The Morgan fingerprint density at radius 2 is 1.96 bits per heavy atom. The Morgan fingerprint density at radius 1 is 1.26 bits per heavy atom. The van der Waals surface area contributed by atoms with E-state index in [1.165, 1.54) is 17.7 Å². The summed E-state index contributed by atoms with van der Waals surface area (Å²) >= 11 is 7.68. The van der Waals surface area contributed by atoms with Gasteiger partial charge in [0.2, 0.25) is 0 Å². The molecule has 2 bridgehead atoms. The molecule has 0 amide bonds. The van der Waals surface area contributed by atoms with E-state index in [-0.39, 0.29) is 5.91 Å². The van der Waals surface area contributed by atoms with Crippen molar-refractivity contribution in [2.75, 3.05) is 0 Å². The van der Waals surface area contributed by atoms with Gasteiger partial charge in [0.25, 0.3) is 5.91 Å². The minimum atomic E-state index is -0.447. The Bertz CT molecular complexity index is 823. The van der Waals surface area contributed by atoms with Crippen LogP contribution in [0, 0.1) is 5.41 Å². The van der Waals surface area contributed by atoms with Gasteiger partial charge in [-0.2, -0.15) is 5.10 Å². The number of aromatic nitrogens is 2. The monoisotopic (exact) mass is 405 g/mol. The Kier molecular flexibility index (Phi) is 5.21. The van der Waals surface area contributed by atoms with Crippen molar-refractivity contribution in [1.82, 2.24) is 15.1 Å². The molecular formula is C21H28ClN3OS. The molecule has 27 heavy (non-hydrogen) atoms. The molecule has 4 nitrogen and oxygen atoms in total. The summed E-state index contributed by atoms with van der Waals surface area (Å²) in [5, 5.41) is 8.53. The molecule has 2 aromatic heterocycles. The van der Waals surface area contributed by atoms with Crippen LogP contribution >= 0.6 is 22.9 Å². The Morgan fingerprint density at radius 3 is 2.56 bits per heavy atom. The van der Waals surface area contributed by atoms with Gasteiger partial charge in [0.05, 0.1) is 10.0 Å². The molecule has 0 aromatic carbocycles. The van der Waals surface area contributed by atoms with Crippen molar-refractivity contribution in [2.45, 2.75) is 77.3 Å². The summed E-state index contributed by atoms with van der Waals surface area (Å²) in [5.74, 6) is 0.539. The molecule has 0 aliphatic carbocycles. The van der Waals surface area contributed by atoms with Crippen LogP contribution < -0.4 is 5.32 Å². The fourth-order valence-electron chi connectivity index (χ4n) is 4.35. The number of aryl methyl sites for hydroxylation is 2. The van der Waals surface area contributed by atoms with Crippen LogP contribution in [0.15, 0.2) is 18.2 Å². The van der Waals surface area contributed by atoms with Gasteiger partial charge < -0.3 is 5.32 Å². The molecule has 2 fully saturated rings. The predicted molar refractivity (Wildman–Crippen MR) is 111 cm³/mol. The fourth-order valence-corrected chi connectivity index (χ4v) is 5.43. The molecule has 0 saturated carbocycles. The number of hydrogen-bond acceptors (Lipinski definition) is 4. The lowest BCUT2D eigenvalue weighted by Crippen LogP contribution is -2.37. The van der Waals surface area contributed by atoms with Crippen LogP contribution in [0.5, 0.6) is 0 Å². The van der Waals surface area contributed by atoms with Crippen LogP contribution in [0.25, 0.3) is 0 Å². The van der Waals surface area contributed by atoms with E-state index >= 15 is 0 Å². The van der Waals surface area contributed by atoms with Gasteiger partial charge in [-0.1, -0.05) is 32.4 Å². The maximum absolute atomic E-state index is 13.0. The molecule has 2 atom stereocenters. The first kappa shape index (κ1) is 19.2. The highest BCUT2D eigenvalue weighted by molar-refractivity contribution is 7.16. The second-order valence-corrected chi connectivity index (χ2v) is 10.8. The molecule has 0 spiro atoms. The Hall–Kier alpha value is -1.17. The minimum Gasteiger partial charge on any atom is -0.311 e. The summed E-state index contributed by atoms with van der Waals surface area (Å²) in [4.78, 5) is 14.3. The average Bonchev–Trinajstić information content (AvgIpc) is 3.30. The van der Waals surface area contributed by atoms with E-state index < -0.39 is 5.41 Å². The highest BCUT2D eigenvalue weighted by Crippen LogP contribution is 2.37. The first-order chi connectivity index (χ1) is 12.8. The number of halogens is 1. The van der Waals surface area contributed by atoms with Gasteiger partial charge in [0, 0.05) is 34.0 Å². The number of fused-ring (bicyclic) bond motifs is 2. The fraction of sp³-hybridized carbons (Fsp3) is 0.619. The first-order valence-corrected chi connectivity index (χ1v) is 11.1. The maximum Gasteiger partial charge on any atom is 0.252 e. The molecule has 2 saturated heterocycles. The lowest BCUT2D eigenvalue weighted by Gasteiger charge is -2.27. The van der Waals surface area contributed by atoms with Crippen LogP contribution in [0.2, 0.25) is 4.34 Å². The van der Waals surface area contributed by atoms with E-state index in [1.807, 2.05) is 26.8 Å². The quantitative estimate of drug-likeness (QED) is 0.772. The topological polar surface area (TPSA) is 46.9 Å². The molecule has 0 radical (unpaired) electrons. The first-order valence-electron chi connectivity index (χ1n) is 9.93. The molecule has 4 rings (SSSR count). The minimum absolute atomic E-state index is 0.0740. The Labute approximate surface area is 170 Å². The summed E-state index contributed by atoms with van der Waals surface area (Å²) in [7, 11) is 0. The SMILES string of the molecule is CC(C)(C)C(=O)n1nc(C2CC3CCC(C2)N3)cc1CCc1ccc(Cl)s1. The largest absolute Gasteiger partial charge is 0.311 e. The number of rotatable bonds is 4. The lowest BCUT2D eigenvalue weighted by atomic mass is 9.89. The second-order valence-electron chi connectivity index (χ2n) is 9.04. The van der Waals surface area contributed by atoms with Crippen LogP contribution in [0.1, 0.15) is 73.4 Å². The van der Waals surface area contributed by atoms with Gasteiger partial charge >= 0.3 is 0 Å². The van der Waals surface area contributed by atoms with Crippen molar-refractivity contribution < 1.29 is 4.79 Å². The van der Waals surface area contributed by atoms with E-state index in [9.17, 15) is 4.79 Å². The van der Waals surface area contributed by atoms with Gasteiger partial charge in [-0.3, -0.25) is 4.79 Å². The van der Waals surface area contributed by atoms with E-state index in [4.69, 9.17) is 16.7 Å². The summed E-state index contributed by atoms with van der Waals surface area (Å²) < 4.78 is 2.50. The molecule has 1 N–H and O–H groups in total. The van der Waals surface area contributed by atoms with Crippen LogP contribution in [-0.2, 0) is 12.8 Å². The zero-order valence-electron chi connectivity index (χ0n) is 16.3. The lowest BCUT2D eigenvalue weighted by molar-refractivity contribution is 0.0743. The maximum atomic E-state index is 13.0. The number of carbonyl (C=O) groups is 1. The molecule has 2 aliphatic heterocycles. The van der Waals surface area contributed by atoms with E-state index in [0.717, 1.165) is 41.4 Å².